The summed E-state index contributed by atoms with van der Waals surface area (Å²) in [5.41, 5.74) is 0. The first-order valence-electron chi connectivity index (χ1n) is 30.5. The van der Waals surface area contributed by atoms with Gasteiger partial charge >= 0.3 is 17.9 Å². The summed E-state index contributed by atoms with van der Waals surface area (Å²) in [5, 5.41) is 0. The molecule has 404 valence electrons. The van der Waals surface area contributed by atoms with Gasteiger partial charge in [0.05, 0.1) is 0 Å². The number of unbranched alkanes of at least 4 members (excludes halogenated alkanes) is 39. The summed E-state index contributed by atoms with van der Waals surface area (Å²) in [5.74, 6) is -0.850. The number of esters is 3. The minimum absolute atomic E-state index is 0.0670. The molecule has 0 amide bonds. The lowest BCUT2D eigenvalue weighted by Crippen LogP contribution is -2.30. The molecule has 6 heteroatoms. The molecule has 0 aromatic heterocycles. The molecule has 1 atom stereocenters. The molecule has 0 aliphatic rings. The van der Waals surface area contributed by atoms with Gasteiger partial charge in [0.15, 0.2) is 6.10 Å². The summed E-state index contributed by atoms with van der Waals surface area (Å²) < 4.78 is 16.9. The molecule has 0 aromatic rings. The first kappa shape index (κ1) is 66.6. The van der Waals surface area contributed by atoms with E-state index >= 15 is 0 Å². The Morgan fingerprint density at radius 2 is 0.522 bits per heavy atom. The topological polar surface area (TPSA) is 78.9 Å². The van der Waals surface area contributed by atoms with E-state index in [9.17, 15) is 14.4 Å². The zero-order valence-electron chi connectivity index (χ0n) is 46.3. The van der Waals surface area contributed by atoms with Crippen LogP contribution in [0.25, 0.3) is 0 Å². The average Bonchev–Trinajstić information content (AvgIpc) is 3.35. The van der Waals surface area contributed by atoms with Crippen LogP contribution in [0.15, 0.2) is 36.5 Å². The maximum atomic E-state index is 12.8. The van der Waals surface area contributed by atoms with Crippen molar-refractivity contribution in [2.45, 2.75) is 335 Å². The first-order valence-corrected chi connectivity index (χ1v) is 30.5. The van der Waals surface area contributed by atoms with Gasteiger partial charge in [-0.15, -0.1) is 0 Å². The quantitative estimate of drug-likeness (QED) is 0.0261. The molecule has 0 radical (unpaired) electrons. The molecule has 0 aromatic carbocycles. The van der Waals surface area contributed by atoms with Gasteiger partial charge in [-0.2, -0.15) is 0 Å². The molecule has 0 rings (SSSR count). The molecule has 0 heterocycles. The SMILES string of the molecule is CCCCCCC/C=C\C/C=C\C/C=C\CCCCCCCCCCCCCCC(=O)OCC(COC(=O)CCCCCCCCCCCCCC)OC(=O)CCCCCCCCCCCCCC. The minimum Gasteiger partial charge on any atom is -0.462 e. The van der Waals surface area contributed by atoms with Crippen molar-refractivity contribution in [2.24, 2.45) is 0 Å². The second-order valence-corrected chi connectivity index (χ2v) is 20.6. The largest absolute Gasteiger partial charge is 0.462 e. The average molecular weight is 970 g/mol. The summed E-state index contributed by atoms with van der Waals surface area (Å²) in [6, 6.07) is 0. The van der Waals surface area contributed by atoms with Crippen LogP contribution in [0.1, 0.15) is 329 Å². The molecule has 0 bridgehead atoms. The highest BCUT2D eigenvalue weighted by atomic mass is 16.6. The van der Waals surface area contributed by atoms with Crippen LogP contribution in [0.5, 0.6) is 0 Å². The van der Waals surface area contributed by atoms with E-state index in [1.165, 1.54) is 218 Å². The standard InChI is InChI=1S/C63H116O6/c1-4-7-10-13-16-19-22-25-26-27-28-29-30-31-32-33-34-35-36-37-38-39-42-44-47-50-53-56-62(65)68-59-60(69-63(66)57-54-51-48-45-41-24-21-18-15-12-9-6-3)58-67-61(64)55-52-49-46-43-40-23-20-17-14-11-8-5-2/h22,25,27-28,30-31,60H,4-21,23-24,26,29,32-59H2,1-3H3/b25-22-,28-27-,31-30-. The maximum Gasteiger partial charge on any atom is 0.306 e. The van der Waals surface area contributed by atoms with Gasteiger partial charge < -0.3 is 14.2 Å². The highest BCUT2D eigenvalue weighted by Crippen LogP contribution is 2.17. The fourth-order valence-electron chi connectivity index (χ4n) is 9.04. The van der Waals surface area contributed by atoms with Gasteiger partial charge in [0, 0.05) is 19.3 Å². The Morgan fingerprint density at radius 1 is 0.290 bits per heavy atom. The number of carbonyl (C=O) groups excluding carboxylic acids is 3. The van der Waals surface area contributed by atoms with Crippen LogP contribution in [0.2, 0.25) is 0 Å². The lowest BCUT2D eigenvalue weighted by molar-refractivity contribution is -0.167. The van der Waals surface area contributed by atoms with Crippen molar-refractivity contribution < 1.29 is 28.6 Å². The Morgan fingerprint density at radius 3 is 0.812 bits per heavy atom. The molecule has 0 saturated carbocycles. The highest BCUT2D eigenvalue weighted by molar-refractivity contribution is 5.71. The van der Waals surface area contributed by atoms with Gasteiger partial charge in [-0.05, 0) is 57.8 Å². The Kier molecular flexibility index (Phi) is 56.2. The monoisotopic (exact) mass is 969 g/mol. The predicted octanol–water partition coefficient (Wildman–Crippen LogP) is 20.4. The second kappa shape index (κ2) is 58.2. The molecule has 0 saturated heterocycles. The molecule has 0 aliphatic carbocycles. The van der Waals surface area contributed by atoms with Crippen molar-refractivity contribution >= 4 is 17.9 Å². The number of ether oxygens (including phenoxy) is 3. The summed E-state index contributed by atoms with van der Waals surface area (Å²) in [6.45, 7) is 6.66. The van der Waals surface area contributed by atoms with Crippen molar-refractivity contribution in [2.75, 3.05) is 13.2 Å². The summed E-state index contributed by atoms with van der Waals surface area (Å²) in [4.78, 5) is 38.1. The number of hydrogen-bond acceptors (Lipinski definition) is 6. The van der Waals surface area contributed by atoms with Crippen LogP contribution in [0.4, 0.5) is 0 Å². The lowest BCUT2D eigenvalue weighted by atomic mass is 10.0. The number of carbonyl (C=O) groups is 3. The number of rotatable bonds is 56. The van der Waals surface area contributed by atoms with Crippen LogP contribution < -0.4 is 0 Å². The van der Waals surface area contributed by atoms with Gasteiger partial charge in [0.1, 0.15) is 13.2 Å². The summed E-state index contributed by atoms with van der Waals surface area (Å²) >= 11 is 0. The Hall–Kier alpha value is -2.37. The van der Waals surface area contributed by atoms with Crippen molar-refractivity contribution in [3.63, 3.8) is 0 Å². The molecule has 0 N–H and O–H groups in total. The third-order valence-electron chi connectivity index (χ3n) is 13.6. The van der Waals surface area contributed by atoms with Gasteiger partial charge in [-0.25, -0.2) is 0 Å². The fraction of sp³-hybridized carbons (Fsp3) is 0.857. The fourth-order valence-corrected chi connectivity index (χ4v) is 9.04. The second-order valence-electron chi connectivity index (χ2n) is 20.6. The van der Waals surface area contributed by atoms with Crippen molar-refractivity contribution in [3.05, 3.63) is 36.5 Å². The van der Waals surface area contributed by atoms with Crippen molar-refractivity contribution in [3.8, 4) is 0 Å². The molecule has 0 fully saturated rings. The van der Waals surface area contributed by atoms with E-state index in [4.69, 9.17) is 14.2 Å². The molecule has 0 spiro atoms. The summed E-state index contributed by atoms with van der Waals surface area (Å²) in [7, 11) is 0. The maximum absolute atomic E-state index is 12.8. The van der Waals surface area contributed by atoms with E-state index in [1.807, 2.05) is 0 Å². The molecular weight excluding hydrogens is 853 g/mol. The van der Waals surface area contributed by atoms with Gasteiger partial charge in [-0.1, -0.05) is 288 Å². The third-order valence-corrected chi connectivity index (χ3v) is 13.6. The Labute approximate surface area is 429 Å². The van der Waals surface area contributed by atoms with Crippen molar-refractivity contribution in [1.29, 1.82) is 0 Å². The van der Waals surface area contributed by atoms with E-state index < -0.39 is 6.10 Å². The minimum atomic E-state index is -0.767. The van der Waals surface area contributed by atoms with Gasteiger partial charge in [0.25, 0.3) is 0 Å². The van der Waals surface area contributed by atoms with Gasteiger partial charge in [0.2, 0.25) is 0 Å². The molecule has 1 unspecified atom stereocenters. The zero-order valence-corrected chi connectivity index (χ0v) is 46.3. The van der Waals surface area contributed by atoms with Crippen LogP contribution >= 0.6 is 0 Å². The van der Waals surface area contributed by atoms with Crippen LogP contribution in [0, 0.1) is 0 Å². The van der Waals surface area contributed by atoms with Gasteiger partial charge in [-0.3, -0.25) is 14.4 Å². The smallest absolute Gasteiger partial charge is 0.306 e. The lowest BCUT2D eigenvalue weighted by Gasteiger charge is -2.18. The Balaban J connectivity index is 4.16. The molecular formula is C63H116O6. The Bertz CT molecular complexity index is 1160. The van der Waals surface area contributed by atoms with E-state index in [1.54, 1.807) is 0 Å². The number of hydrogen-bond donors (Lipinski definition) is 0. The third kappa shape index (κ3) is 56.4. The van der Waals surface area contributed by atoms with E-state index in [2.05, 4.69) is 57.2 Å². The summed E-state index contributed by atoms with van der Waals surface area (Å²) in [6.07, 6.45) is 70.1. The number of allylic oxidation sites excluding steroid dienone is 6. The molecule has 69 heavy (non-hydrogen) atoms. The van der Waals surface area contributed by atoms with E-state index in [0.717, 1.165) is 70.6 Å². The predicted molar refractivity (Wildman–Crippen MR) is 298 cm³/mol. The van der Waals surface area contributed by atoms with Crippen LogP contribution in [0.3, 0.4) is 0 Å². The first-order chi connectivity index (χ1) is 34.0. The van der Waals surface area contributed by atoms with Crippen molar-refractivity contribution in [1.82, 2.24) is 0 Å². The van der Waals surface area contributed by atoms with Crippen LogP contribution in [-0.2, 0) is 28.6 Å². The van der Waals surface area contributed by atoms with Crippen LogP contribution in [-0.4, -0.2) is 37.2 Å². The normalized spacial score (nSPS) is 12.2. The highest BCUT2D eigenvalue weighted by Gasteiger charge is 2.19. The molecule has 6 nitrogen and oxygen atoms in total. The zero-order chi connectivity index (χ0) is 50.0. The van der Waals surface area contributed by atoms with E-state index in [-0.39, 0.29) is 31.1 Å². The molecule has 0 aliphatic heterocycles. The van der Waals surface area contributed by atoms with E-state index in [0.29, 0.717) is 19.3 Å².